The van der Waals surface area contributed by atoms with E-state index in [2.05, 4.69) is 54.4 Å². The number of benzene rings is 2. The van der Waals surface area contributed by atoms with Crippen LogP contribution >= 0.6 is 11.6 Å². The molecule has 1 fully saturated rings. The lowest BCUT2D eigenvalue weighted by Crippen LogP contribution is -2.43. The number of amides is 1. The zero-order valence-electron chi connectivity index (χ0n) is 17.8. The second-order valence-electron chi connectivity index (χ2n) is 9.38. The van der Waals surface area contributed by atoms with Gasteiger partial charge in [-0.3, -0.25) is 9.69 Å². The average molecular weight is 427 g/mol. The summed E-state index contributed by atoms with van der Waals surface area (Å²) in [6.07, 6.45) is 4.38. The van der Waals surface area contributed by atoms with Crippen LogP contribution in [0.2, 0.25) is 5.02 Å². The quantitative estimate of drug-likeness (QED) is 0.700. The number of aliphatic hydroxyl groups is 1. The second kappa shape index (κ2) is 8.70. The van der Waals surface area contributed by atoms with Crippen LogP contribution in [0.1, 0.15) is 62.3 Å². The van der Waals surface area contributed by atoms with Crippen LogP contribution in [-0.2, 0) is 16.6 Å². The lowest BCUT2D eigenvalue weighted by molar-refractivity contribution is -0.117. The Morgan fingerprint density at radius 2 is 2.00 bits per heavy atom. The molecule has 5 heteroatoms. The third-order valence-corrected chi connectivity index (χ3v) is 6.86. The summed E-state index contributed by atoms with van der Waals surface area (Å²) in [6, 6.07) is 14.9. The van der Waals surface area contributed by atoms with Gasteiger partial charge in [-0.25, -0.2) is 0 Å². The van der Waals surface area contributed by atoms with Crippen molar-refractivity contribution in [2.75, 3.05) is 18.4 Å². The molecule has 0 radical (unpaired) electrons. The van der Waals surface area contributed by atoms with E-state index in [0.29, 0.717) is 29.7 Å². The van der Waals surface area contributed by atoms with Crippen molar-refractivity contribution in [1.29, 1.82) is 0 Å². The van der Waals surface area contributed by atoms with Crippen molar-refractivity contribution in [1.82, 2.24) is 4.90 Å². The molecule has 2 N–H and O–H groups in total. The first kappa shape index (κ1) is 21.4. The number of likely N-dealkylation sites (tertiary alicyclic amines) is 1. The minimum Gasteiger partial charge on any atom is -0.387 e. The minimum atomic E-state index is -0.613. The monoisotopic (exact) mass is 426 g/mol. The summed E-state index contributed by atoms with van der Waals surface area (Å²) >= 11 is 6.52. The fourth-order valence-corrected chi connectivity index (χ4v) is 5.18. The first-order valence-corrected chi connectivity index (χ1v) is 11.3. The molecule has 0 spiro atoms. The molecule has 0 saturated carbocycles. The number of hydrogen-bond donors (Lipinski definition) is 2. The average Bonchev–Trinajstić information content (AvgIpc) is 2.70. The van der Waals surface area contributed by atoms with Crippen molar-refractivity contribution in [3.8, 4) is 0 Å². The minimum absolute atomic E-state index is 0.0141. The predicted molar refractivity (Wildman–Crippen MR) is 122 cm³/mol. The van der Waals surface area contributed by atoms with Crippen molar-refractivity contribution in [3.05, 3.63) is 64.2 Å². The summed E-state index contributed by atoms with van der Waals surface area (Å²) in [5, 5.41) is 14.5. The Kier molecular flexibility index (Phi) is 6.19. The van der Waals surface area contributed by atoms with Crippen LogP contribution in [0.15, 0.2) is 42.5 Å². The van der Waals surface area contributed by atoms with E-state index in [0.717, 1.165) is 30.5 Å². The van der Waals surface area contributed by atoms with Crippen LogP contribution < -0.4 is 5.32 Å². The van der Waals surface area contributed by atoms with Gasteiger partial charge in [0.25, 0.3) is 0 Å². The van der Waals surface area contributed by atoms with Crippen LogP contribution in [0.5, 0.6) is 0 Å². The molecule has 0 aliphatic carbocycles. The van der Waals surface area contributed by atoms with Gasteiger partial charge in [0.15, 0.2) is 0 Å². The molecule has 2 aliphatic heterocycles. The number of carbonyl (C=O) groups excluding carboxylic acids is 1. The smallest absolute Gasteiger partial charge is 0.225 e. The molecule has 1 saturated heterocycles. The van der Waals surface area contributed by atoms with Crippen LogP contribution in [0.25, 0.3) is 0 Å². The number of piperidine rings is 1. The first-order chi connectivity index (χ1) is 14.3. The predicted octanol–water partition coefficient (Wildman–Crippen LogP) is 5.09. The third kappa shape index (κ3) is 4.56. The summed E-state index contributed by atoms with van der Waals surface area (Å²) in [4.78, 5) is 14.5. The number of nitrogens with one attached hydrogen (secondary N) is 1. The van der Waals surface area contributed by atoms with Gasteiger partial charge in [0, 0.05) is 24.4 Å². The number of nitrogens with zero attached hydrogens (tertiary/aromatic N) is 1. The lowest BCUT2D eigenvalue weighted by atomic mass is 9.77. The van der Waals surface area contributed by atoms with E-state index in [9.17, 15) is 9.90 Å². The number of β-amino-alcohol motifs (C(OH)–C–C–N with tert-alkyl or cyclic N) is 1. The van der Waals surface area contributed by atoms with Crippen molar-refractivity contribution in [2.45, 2.75) is 63.5 Å². The SMILES string of the molecule is CC1(C)CC(=O)Nc2c(Cl)cc(C(O)CN3CCCCC3Cc3ccccc3)cc21. The van der Waals surface area contributed by atoms with Gasteiger partial charge in [-0.15, -0.1) is 0 Å². The number of anilines is 1. The number of aliphatic hydroxyl groups excluding tert-OH is 1. The van der Waals surface area contributed by atoms with E-state index in [1.165, 1.54) is 18.4 Å². The molecule has 1 amide bonds. The molecular weight excluding hydrogens is 396 g/mol. The van der Waals surface area contributed by atoms with Crippen molar-refractivity contribution >= 4 is 23.2 Å². The summed E-state index contributed by atoms with van der Waals surface area (Å²) < 4.78 is 0. The molecule has 4 rings (SSSR count). The van der Waals surface area contributed by atoms with E-state index in [-0.39, 0.29) is 11.3 Å². The Morgan fingerprint density at radius 3 is 2.77 bits per heavy atom. The number of halogens is 1. The van der Waals surface area contributed by atoms with Gasteiger partial charge in [-0.1, -0.05) is 68.3 Å². The van der Waals surface area contributed by atoms with Crippen molar-refractivity contribution in [3.63, 3.8) is 0 Å². The Balaban J connectivity index is 1.53. The van der Waals surface area contributed by atoms with Crippen molar-refractivity contribution < 1.29 is 9.90 Å². The molecule has 2 unspecified atom stereocenters. The van der Waals surface area contributed by atoms with Crippen LogP contribution in [-0.4, -0.2) is 35.0 Å². The Hall–Kier alpha value is -1.88. The van der Waals surface area contributed by atoms with E-state index >= 15 is 0 Å². The normalized spacial score (nSPS) is 22.3. The highest BCUT2D eigenvalue weighted by molar-refractivity contribution is 6.34. The molecule has 2 aliphatic rings. The topological polar surface area (TPSA) is 52.6 Å². The summed E-state index contributed by atoms with van der Waals surface area (Å²) in [5.41, 5.74) is 3.56. The van der Waals surface area contributed by atoms with E-state index < -0.39 is 6.10 Å². The molecule has 160 valence electrons. The zero-order valence-corrected chi connectivity index (χ0v) is 18.6. The van der Waals surface area contributed by atoms with Crippen LogP contribution in [0.4, 0.5) is 5.69 Å². The summed E-state index contributed by atoms with van der Waals surface area (Å²) in [5.74, 6) is -0.0141. The second-order valence-corrected chi connectivity index (χ2v) is 9.79. The molecule has 30 heavy (non-hydrogen) atoms. The molecule has 0 aromatic heterocycles. The molecule has 0 bridgehead atoms. The molecule has 4 nitrogen and oxygen atoms in total. The fourth-order valence-electron chi connectivity index (χ4n) is 4.91. The van der Waals surface area contributed by atoms with Gasteiger partial charge in [-0.05, 0) is 48.6 Å². The van der Waals surface area contributed by atoms with Crippen LogP contribution in [0, 0.1) is 0 Å². The zero-order chi connectivity index (χ0) is 21.3. The highest BCUT2D eigenvalue weighted by atomic mass is 35.5. The third-order valence-electron chi connectivity index (χ3n) is 6.56. The van der Waals surface area contributed by atoms with Gasteiger partial charge >= 0.3 is 0 Å². The Bertz CT molecular complexity index is 913. The molecule has 2 aromatic rings. The van der Waals surface area contributed by atoms with Gasteiger partial charge in [0.1, 0.15) is 0 Å². The van der Waals surface area contributed by atoms with E-state index in [1.807, 2.05) is 12.1 Å². The van der Waals surface area contributed by atoms with E-state index in [1.54, 1.807) is 0 Å². The van der Waals surface area contributed by atoms with Gasteiger partial charge in [0.2, 0.25) is 5.91 Å². The highest BCUT2D eigenvalue weighted by Gasteiger charge is 2.34. The van der Waals surface area contributed by atoms with Gasteiger partial charge < -0.3 is 10.4 Å². The molecule has 2 atom stereocenters. The standard InChI is InChI=1S/C25H31ClN2O2/c1-25(2)15-23(30)27-24-20(25)13-18(14-21(24)26)22(29)16-28-11-7-6-10-19(28)12-17-8-4-3-5-9-17/h3-5,8-9,13-14,19,22,29H,6-7,10-12,15-16H2,1-2H3,(H,27,30). The van der Waals surface area contributed by atoms with Crippen molar-refractivity contribution in [2.24, 2.45) is 0 Å². The number of carbonyl (C=O) groups is 1. The van der Waals surface area contributed by atoms with Gasteiger partial charge in [0.05, 0.1) is 16.8 Å². The molecule has 2 aromatic carbocycles. The highest BCUT2D eigenvalue weighted by Crippen LogP contribution is 2.42. The lowest BCUT2D eigenvalue weighted by Gasteiger charge is -2.38. The fraction of sp³-hybridized carbons (Fsp3) is 0.480. The maximum absolute atomic E-state index is 12.0. The molecular formula is C25H31ClN2O2. The number of fused-ring (bicyclic) bond motifs is 1. The van der Waals surface area contributed by atoms with Crippen LogP contribution in [0.3, 0.4) is 0 Å². The number of hydrogen-bond acceptors (Lipinski definition) is 3. The Labute approximate surface area is 184 Å². The summed E-state index contributed by atoms with van der Waals surface area (Å²) in [7, 11) is 0. The van der Waals surface area contributed by atoms with E-state index in [4.69, 9.17) is 11.6 Å². The number of rotatable bonds is 5. The largest absolute Gasteiger partial charge is 0.387 e. The van der Waals surface area contributed by atoms with Gasteiger partial charge in [-0.2, -0.15) is 0 Å². The maximum Gasteiger partial charge on any atom is 0.225 e. The summed E-state index contributed by atoms with van der Waals surface area (Å²) in [6.45, 7) is 5.71. The first-order valence-electron chi connectivity index (χ1n) is 10.9. The Morgan fingerprint density at radius 1 is 1.23 bits per heavy atom. The maximum atomic E-state index is 12.0. The molecule has 2 heterocycles.